The first-order chi connectivity index (χ1) is 16.9. The molecule has 0 bridgehead atoms. The van der Waals surface area contributed by atoms with Crippen molar-refractivity contribution in [2.24, 2.45) is 5.73 Å². The van der Waals surface area contributed by atoms with Crippen LogP contribution in [0, 0.1) is 13.8 Å². The summed E-state index contributed by atoms with van der Waals surface area (Å²) in [6.45, 7) is 6.11. The smallest absolute Gasteiger partial charge is 0.255 e. The maximum absolute atomic E-state index is 13.2. The van der Waals surface area contributed by atoms with E-state index in [1.165, 1.54) is 0 Å². The van der Waals surface area contributed by atoms with Gasteiger partial charge in [0.25, 0.3) is 11.9 Å². The second kappa shape index (κ2) is 10.6. The molecular weight excluding hydrogens is 464 g/mol. The number of unbranched alkanes of at least 4 members (excludes halogenated alkanes) is 1. The first-order valence-corrected chi connectivity index (χ1v) is 12.3. The van der Waals surface area contributed by atoms with Crippen LogP contribution in [0.1, 0.15) is 52.8 Å². The van der Waals surface area contributed by atoms with E-state index in [-0.39, 0.29) is 19.0 Å². The largest absolute Gasteiger partial charge is 0.368 e. The normalized spacial score (nSPS) is 11.1. The average molecular weight is 493 g/mol. The van der Waals surface area contributed by atoms with Gasteiger partial charge in [-0.1, -0.05) is 19.4 Å². The van der Waals surface area contributed by atoms with E-state index in [2.05, 4.69) is 27.3 Å². The highest BCUT2D eigenvalue weighted by Gasteiger charge is 2.21. The minimum atomic E-state index is -0.474. The van der Waals surface area contributed by atoms with E-state index in [4.69, 9.17) is 10.7 Å². The number of aryl methyl sites for hydroxylation is 2. The number of primary amides is 1. The molecule has 0 fully saturated rings. The Morgan fingerprint density at radius 1 is 1.17 bits per heavy atom. The molecule has 0 aliphatic rings. The number of nitrogens with one attached hydrogen (secondary N) is 1. The lowest BCUT2D eigenvalue weighted by Crippen LogP contribution is -2.27. The van der Waals surface area contributed by atoms with Crippen LogP contribution in [0.15, 0.2) is 36.2 Å². The van der Waals surface area contributed by atoms with Crippen LogP contribution in [-0.4, -0.2) is 41.1 Å². The maximum atomic E-state index is 13.2. The highest BCUT2D eigenvalue weighted by atomic mass is 32.1. The van der Waals surface area contributed by atoms with Crippen molar-refractivity contribution in [2.45, 2.75) is 53.1 Å². The number of nitrogens with two attached hydrogens (primary N) is 1. The quantitative estimate of drug-likeness (QED) is 0.350. The Morgan fingerprint density at radius 3 is 2.71 bits per heavy atom. The molecule has 2 amide bonds. The molecular formula is C24H28N8O2S. The van der Waals surface area contributed by atoms with Gasteiger partial charge in [0.1, 0.15) is 6.54 Å². The molecule has 0 unspecified atom stereocenters. The van der Waals surface area contributed by atoms with Gasteiger partial charge in [-0.2, -0.15) is 5.10 Å². The van der Waals surface area contributed by atoms with Crippen molar-refractivity contribution in [3.05, 3.63) is 64.4 Å². The Balaban J connectivity index is 1.62. The minimum Gasteiger partial charge on any atom is -0.368 e. The summed E-state index contributed by atoms with van der Waals surface area (Å²) in [5, 5.41) is 9.43. The second-order valence-corrected chi connectivity index (χ2v) is 9.20. The van der Waals surface area contributed by atoms with Crippen LogP contribution in [0.4, 0.5) is 0 Å². The summed E-state index contributed by atoms with van der Waals surface area (Å²) in [5.41, 5.74) is 9.83. The molecule has 4 heterocycles. The van der Waals surface area contributed by atoms with Crippen molar-refractivity contribution < 1.29 is 9.59 Å². The number of aromatic nitrogens is 6. The van der Waals surface area contributed by atoms with Gasteiger partial charge < -0.3 is 15.6 Å². The van der Waals surface area contributed by atoms with Gasteiger partial charge >= 0.3 is 0 Å². The molecule has 4 rings (SSSR count). The topological polar surface area (TPSA) is 134 Å². The molecule has 0 saturated carbocycles. The van der Waals surface area contributed by atoms with Gasteiger partial charge in [0.05, 0.1) is 52.3 Å². The number of amides is 2. The number of nitrogens with zero attached hydrogens (tertiary/aromatic N) is 6. The van der Waals surface area contributed by atoms with Gasteiger partial charge in [0, 0.05) is 6.20 Å². The van der Waals surface area contributed by atoms with Crippen LogP contribution < -0.4 is 11.1 Å². The predicted octanol–water partition coefficient (Wildman–Crippen LogP) is 2.96. The van der Waals surface area contributed by atoms with E-state index in [1.807, 2.05) is 31.4 Å². The van der Waals surface area contributed by atoms with Crippen molar-refractivity contribution in [2.75, 3.05) is 0 Å². The van der Waals surface area contributed by atoms with Gasteiger partial charge in [-0.25, -0.2) is 19.6 Å². The van der Waals surface area contributed by atoms with Crippen LogP contribution in [0.5, 0.6) is 0 Å². The molecule has 0 radical (unpaired) electrons. The number of carbonyl (C=O) groups excluding carboxylic acids is 2. The molecule has 10 nitrogen and oxygen atoms in total. The molecule has 0 aromatic carbocycles. The van der Waals surface area contributed by atoms with E-state index in [1.54, 1.807) is 39.3 Å². The minimum absolute atomic E-state index is 0.00304. The lowest BCUT2D eigenvalue weighted by Gasteiger charge is -2.11. The standard InChI is InChI=1S/C24H28N8O2S/c1-4-5-7-18-17(23(34)26-12-19-16(3)28-14-31(19)13-21(25)33)11-29-32(18)24-27-10-15(2)22(30-24)20-8-6-9-35-20/h6,8-11,14H,4-5,7,12-13H2,1-3H3,(H2,25,33)(H,26,34). The van der Waals surface area contributed by atoms with Crippen molar-refractivity contribution in [1.29, 1.82) is 0 Å². The van der Waals surface area contributed by atoms with Gasteiger partial charge in [-0.15, -0.1) is 11.3 Å². The third-order valence-electron chi connectivity index (χ3n) is 5.68. The zero-order valence-electron chi connectivity index (χ0n) is 20.0. The Morgan fingerprint density at radius 2 is 2.00 bits per heavy atom. The third kappa shape index (κ3) is 5.29. The predicted molar refractivity (Wildman–Crippen MR) is 133 cm³/mol. The third-order valence-corrected chi connectivity index (χ3v) is 6.56. The van der Waals surface area contributed by atoms with Crippen LogP contribution >= 0.6 is 11.3 Å². The number of hydrogen-bond donors (Lipinski definition) is 2. The van der Waals surface area contributed by atoms with Crippen LogP contribution in [0.25, 0.3) is 16.5 Å². The summed E-state index contributed by atoms with van der Waals surface area (Å²) in [6.07, 6.45) is 7.40. The molecule has 0 saturated heterocycles. The molecule has 0 aliphatic heterocycles. The SMILES string of the molecule is CCCCc1c(C(=O)NCc2c(C)ncn2CC(N)=O)cnn1-c1ncc(C)c(-c2cccs2)n1. The van der Waals surface area contributed by atoms with Crippen LogP contribution in [-0.2, 0) is 24.3 Å². The highest BCUT2D eigenvalue weighted by molar-refractivity contribution is 7.13. The number of carbonyl (C=O) groups is 2. The number of hydrogen-bond acceptors (Lipinski definition) is 7. The van der Waals surface area contributed by atoms with Crippen molar-refractivity contribution >= 4 is 23.2 Å². The van der Waals surface area contributed by atoms with Crippen LogP contribution in [0.2, 0.25) is 0 Å². The molecule has 3 N–H and O–H groups in total. The van der Waals surface area contributed by atoms with Gasteiger partial charge in [-0.3, -0.25) is 9.59 Å². The summed E-state index contributed by atoms with van der Waals surface area (Å²) in [7, 11) is 0. The Bertz CT molecular complexity index is 1340. The molecule has 0 atom stereocenters. The lowest BCUT2D eigenvalue weighted by molar-refractivity contribution is -0.118. The zero-order chi connectivity index (χ0) is 24.9. The van der Waals surface area contributed by atoms with Crippen molar-refractivity contribution in [1.82, 2.24) is 34.6 Å². The van der Waals surface area contributed by atoms with E-state index >= 15 is 0 Å². The lowest BCUT2D eigenvalue weighted by atomic mass is 10.1. The maximum Gasteiger partial charge on any atom is 0.255 e. The fourth-order valence-corrected chi connectivity index (χ4v) is 4.60. The Labute approximate surface area is 207 Å². The van der Waals surface area contributed by atoms with E-state index in [0.29, 0.717) is 17.9 Å². The van der Waals surface area contributed by atoms with Crippen LogP contribution in [0.3, 0.4) is 0 Å². The first kappa shape index (κ1) is 24.3. The summed E-state index contributed by atoms with van der Waals surface area (Å²) in [6, 6.07) is 4.01. The molecule has 182 valence electrons. The fraction of sp³-hybridized carbons (Fsp3) is 0.333. The molecule has 4 aromatic rings. The molecule has 0 aliphatic carbocycles. The number of rotatable bonds is 10. The number of imidazole rings is 1. The van der Waals surface area contributed by atoms with Crippen molar-refractivity contribution in [3.63, 3.8) is 0 Å². The first-order valence-electron chi connectivity index (χ1n) is 11.4. The summed E-state index contributed by atoms with van der Waals surface area (Å²) >= 11 is 1.61. The molecule has 11 heteroatoms. The van der Waals surface area contributed by atoms with E-state index in [0.717, 1.165) is 46.1 Å². The average Bonchev–Trinajstić information content (AvgIpc) is 3.57. The Kier molecular flexibility index (Phi) is 7.35. The highest BCUT2D eigenvalue weighted by Crippen LogP contribution is 2.26. The molecule has 4 aromatic heterocycles. The van der Waals surface area contributed by atoms with Gasteiger partial charge in [0.2, 0.25) is 5.91 Å². The summed E-state index contributed by atoms with van der Waals surface area (Å²) < 4.78 is 3.30. The Hall–Kier alpha value is -3.86. The fourth-order valence-electron chi connectivity index (χ4n) is 3.82. The van der Waals surface area contributed by atoms with E-state index in [9.17, 15) is 9.59 Å². The van der Waals surface area contributed by atoms with Gasteiger partial charge in [-0.05, 0) is 43.7 Å². The number of thiophene rings is 1. The summed E-state index contributed by atoms with van der Waals surface area (Å²) in [5.74, 6) is -0.308. The van der Waals surface area contributed by atoms with Gasteiger partial charge in [0.15, 0.2) is 0 Å². The molecule has 0 spiro atoms. The van der Waals surface area contributed by atoms with Crippen molar-refractivity contribution in [3.8, 4) is 16.5 Å². The summed E-state index contributed by atoms with van der Waals surface area (Å²) in [4.78, 5) is 39.1. The second-order valence-electron chi connectivity index (χ2n) is 8.25. The van der Waals surface area contributed by atoms with E-state index < -0.39 is 5.91 Å². The monoisotopic (exact) mass is 492 g/mol. The molecule has 35 heavy (non-hydrogen) atoms. The zero-order valence-corrected chi connectivity index (χ0v) is 20.8.